The maximum absolute atomic E-state index is 13.3. The number of fused-ring (bicyclic) bond motifs is 1. The maximum Gasteiger partial charge on any atom is 0.255 e. The molecule has 0 aromatic heterocycles. The first kappa shape index (κ1) is 26.5. The molecule has 3 rings (SSSR count). The summed E-state index contributed by atoms with van der Waals surface area (Å²) in [5, 5.41) is 15.3. The van der Waals surface area contributed by atoms with Crippen molar-refractivity contribution in [2.75, 3.05) is 33.3 Å². The van der Waals surface area contributed by atoms with Crippen LogP contribution in [0, 0.1) is 5.92 Å². The van der Waals surface area contributed by atoms with Crippen molar-refractivity contribution in [2.45, 2.75) is 57.7 Å². The molecule has 10 heteroatoms. The molecule has 192 valence electrons. The molecule has 2 heterocycles. The highest BCUT2D eigenvalue weighted by Gasteiger charge is 2.34. The summed E-state index contributed by atoms with van der Waals surface area (Å²) in [6.07, 6.45) is 0.766. The van der Waals surface area contributed by atoms with E-state index in [4.69, 9.17) is 4.74 Å². The van der Waals surface area contributed by atoms with Gasteiger partial charge in [-0.1, -0.05) is 32.4 Å². The molecule has 0 unspecified atom stereocenters. The first-order valence-electron chi connectivity index (χ1n) is 12.2. The quantitative estimate of drug-likeness (QED) is 0.570. The third-order valence-electron chi connectivity index (χ3n) is 6.76. The van der Waals surface area contributed by atoms with E-state index in [9.17, 15) is 24.3 Å². The van der Waals surface area contributed by atoms with Gasteiger partial charge in [0, 0.05) is 20.1 Å². The number of likely N-dealkylation sites (tertiary alicyclic amines) is 1. The van der Waals surface area contributed by atoms with E-state index < -0.39 is 35.9 Å². The molecule has 1 aromatic carbocycles. The van der Waals surface area contributed by atoms with Gasteiger partial charge in [0.2, 0.25) is 17.7 Å². The first-order valence-corrected chi connectivity index (χ1v) is 12.2. The van der Waals surface area contributed by atoms with Crippen LogP contribution in [0.1, 0.15) is 49.9 Å². The van der Waals surface area contributed by atoms with Crippen LogP contribution in [0.2, 0.25) is 0 Å². The molecule has 1 saturated heterocycles. The molecule has 4 amide bonds. The van der Waals surface area contributed by atoms with Gasteiger partial charge in [0.15, 0.2) is 0 Å². The van der Waals surface area contributed by atoms with Gasteiger partial charge in [-0.25, -0.2) is 0 Å². The summed E-state index contributed by atoms with van der Waals surface area (Å²) in [6, 6.07) is 4.78. The molecular formula is C25H36N4O6. The number of carbonyl (C=O) groups excluding carboxylic acids is 4. The van der Waals surface area contributed by atoms with Crippen LogP contribution in [0.25, 0.3) is 0 Å². The summed E-state index contributed by atoms with van der Waals surface area (Å²) in [6.45, 7) is 4.94. The first-order chi connectivity index (χ1) is 16.7. The Morgan fingerprint density at radius 3 is 2.51 bits per heavy atom. The van der Waals surface area contributed by atoms with Crippen molar-refractivity contribution in [2.24, 2.45) is 5.92 Å². The highest BCUT2D eigenvalue weighted by Crippen LogP contribution is 2.20. The van der Waals surface area contributed by atoms with E-state index in [1.807, 2.05) is 13.8 Å². The van der Waals surface area contributed by atoms with Gasteiger partial charge in [-0.3, -0.25) is 19.2 Å². The van der Waals surface area contributed by atoms with E-state index in [0.29, 0.717) is 38.1 Å². The summed E-state index contributed by atoms with van der Waals surface area (Å²) < 4.78 is 5.82. The lowest BCUT2D eigenvalue weighted by Crippen LogP contribution is -2.55. The average Bonchev–Trinajstić information content (AvgIpc) is 2.85. The summed E-state index contributed by atoms with van der Waals surface area (Å²) in [4.78, 5) is 55.8. The molecule has 0 radical (unpaired) electrons. The fourth-order valence-corrected chi connectivity index (χ4v) is 4.26. The van der Waals surface area contributed by atoms with Crippen molar-refractivity contribution >= 4 is 23.6 Å². The van der Waals surface area contributed by atoms with E-state index in [-0.39, 0.29) is 37.0 Å². The standard InChI is InChI=1S/C25H36N4O6/c1-4-16(2)22-25(34)28(3)13-14-35-20-8-6-5-7-18(20)23(32)26-19(15-21(31)27-22)24(33)29-11-9-17(30)10-12-29/h5-8,16-17,19,22,30H,4,9-15H2,1-3H3,(H,26,32)(H,27,31)/t16-,19+,22+/m1/s1. The molecular weight excluding hydrogens is 452 g/mol. The summed E-state index contributed by atoms with van der Waals surface area (Å²) in [5.74, 6) is -1.44. The molecule has 35 heavy (non-hydrogen) atoms. The van der Waals surface area contributed by atoms with Gasteiger partial charge in [-0.15, -0.1) is 0 Å². The van der Waals surface area contributed by atoms with Crippen molar-refractivity contribution in [1.29, 1.82) is 0 Å². The highest BCUT2D eigenvalue weighted by molar-refractivity contribution is 6.01. The van der Waals surface area contributed by atoms with Crippen molar-refractivity contribution in [3.8, 4) is 5.75 Å². The zero-order valence-corrected chi connectivity index (χ0v) is 20.7. The third-order valence-corrected chi connectivity index (χ3v) is 6.76. The van der Waals surface area contributed by atoms with Crippen LogP contribution in [0.3, 0.4) is 0 Å². The molecule has 10 nitrogen and oxygen atoms in total. The Bertz CT molecular complexity index is 930. The lowest BCUT2D eigenvalue weighted by Gasteiger charge is -2.33. The minimum atomic E-state index is -1.13. The fraction of sp³-hybridized carbons (Fsp3) is 0.600. The molecule has 3 atom stereocenters. The van der Waals surface area contributed by atoms with Crippen LogP contribution in [-0.2, 0) is 14.4 Å². The van der Waals surface area contributed by atoms with Gasteiger partial charge in [0.25, 0.3) is 5.91 Å². The minimum Gasteiger partial charge on any atom is -0.491 e. The number of ether oxygens (including phenoxy) is 1. The van der Waals surface area contributed by atoms with Gasteiger partial charge < -0.3 is 30.3 Å². The van der Waals surface area contributed by atoms with Crippen LogP contribution in [0.5, 0.6) is 5.75 Å². The van der Waals surface area contributed by atoms with Gasteiger partial charge >= 0.3 is 0 Å². The maximum atomic E-state index is 13.3. The SMILES string of the molecule is CC[C@@H](C)[C@@H]1NC(=O)C[C@@H](C(=O)N2CCC(O)CC2)NC(=O)c2ccccc2OCCN(C)C1=O. The van der Waals surface area contributed by atoms with Crippen molar-refractivity contribution in [1.82, 2.24) is 20.4 Å². The van der Waals surface area contributed by atoms with E-state index in [1.165, 1.54) is 4.90 Å². The van der Waals surface area contributed by atoms with Crippen LogP contribution in [0.4, 0.5) is 0 Å². The molecule has 0 saturated carbocycles. The summed E-state index contributed by atoms with van der Waals surface area (Å²) in [7, 11) is 1.65. The predicted molar refractivity (Wildman–Crippen MR) is 129 cm³/mol. The lowest BCUT2D eigenvalue weighted by atomic mass is 9.97. The van der Waals surface area contributed by atoms with Crippen LogP contribution in [-0.4, -0.2) is 90.0 Å². The molecule has 1 aromatic rings. The number of rotatable bonds is 3. The normalized spacial score (nSPS) is 23.9. The number of hydrogen-bond acceptors (Lipinski definition) is 6. The Hall–Kier alpha value is -3.14. The van der Waals surface area contributed by atoms with Gasteiger partial charge in [0.05, 0.1) is 24.6 Å². The van der Waals surface area contributed by atoms with E-state index in [2.05, 4.69) is 10.6 Å². The Balaban J connectivity index is 1.92. The smallest absolute Gasteiger partial charge is 0.255 e. The van der Waals surface area contributed by atoms with Gasteiger partial charge in [-0.2, -0.15) is 0 Å². The van der Waals surface area contributed by atoms with Crippen LogP contribution in [0.15, 0.2) is 24.3 Å². The lowest BCUT2D eigenvalue weighted by molar-refractivity contribution is -0.139. The average molecular weight is 489 g/mol. The Labute approximate surface area is 206 Å². The monoisotopic (exact) mass is 488 g/mol. The van der Waals surface area contributed by atoms with Crippen molar-refractivity contribution in [3.05, 3.63) is 29.8 Å². The third kappa shape index (κ3) is 6.72. The van der Waals surface area contributed by atoms with Crippen LogP contribution >= 0.6 is 0 Å². The van der Waals surface area contributed by atoms with Gasteiger partial charge in [0.1, 0.15) is 24.4 Å². The number of para-hydroxylation sites is 1. The number of aliphatic hydroxyl groups is 1. The number of likely N-dealkylation sites (N-methyl/N-ethyl adjacent to an activating group) is 1. The van der Waals surface area contributed by atoms with Crippen LogP contribution < -0.4 is 15.4 Å². The van der Waals surface area contributed by atoms with E-state index in [1.54, 1.807) is 36.2 Å². The minimum absolute atomic E-state index is 0.129. The molecule has 0 aliphatic carbocycles. The second kappa shape index (κ2) is 12.0. The zero-order valence-electron chi connectivity index (χ0n) is 20.7. The molecule has 1 fully saturated rings. The number of piperidine rings is 1. The topological polar surface area (TPSA) is 128 Å². The van der Waals surface area contributed by atoms with E-state index in [0.717, 1.165) is 0 Å². The predicted octanol–water partition coefficient (Wildman–Crippen LogP) is 0.540. The number of carbonyl (C=O) groups is 4. The zero-order chi connectivity index (χ0) is 25.5. The number of aliphatic hydroxyl groups excluding tert-OH is 1. The molecule has 0 spiro atoms. The highest BCUT2D eigenvalue weighted by atomic mass is 16.5. The Kier molecular flexibility index (Phi) is 9.08. The molecule has 3 N–H and O–H groups in total. The number of nitrogens with zero attached hydrogens (tertiary/aromatic N) is 2. The van der Waals surface area contributed by atoms with E-state index >= 15 is 0 Å². The molecule has 2 aliphatic heterocycles. The number of hydrogen-bond donors (Lipinski definition) is 3. The van der Waals surface area contributed by atoms with Gasteiger partial charge in [-0.05, 0) is 30.9 Å². The molecule has 0 bridgehead atoms. The second-order valence-electron chi connectivity index (χ2n) is 9.32. The Morgan fingerprint density at radius 2 is 1.83 bits per heavy atom. The Morgan fingerprint density at radius 1 is 1.14 bits per heavy atom. The summed E-state index contributed by atoms with van der Waals surface area (Å²) >= 11 is 0. The summed E-state index contributed by atoms with van der Waals surface area (Å²) in [5.41, 5.74) is 0.239. The van der Waals surface area contributed by atoms with Crippen molar-refractivity contribution in [3.63, 3.8) is 0 Å². The second-order valence-corrected chi connectivity index (χ2v) is 9.32. The number of nitrogens with one attached hydrogen (secondary N) is 2. The largest absolute Gasteiger partial charge is 0.491 e. The van der Waals surface area contributed by atoms with Crippen molar-refractivity contribution < 1.29 is 29.0 Å². The molecule has 2 aliphatic rings. The fourth-order valence-electron chi connectivity index (χ4n) is 4.26. The number of benzene rings is 1. The number of amides is 4.